The molecule has 0 aromatic heterocycles. The van der Waals surface area contributed by atoms with Crippen LogP contribution in [0, 0.1) is 0 Å². The highest BCUT2D eigenvalue weighted by atomic mass is 35.5. The van der Waals surface area contributed by atoms with Crippen molar-refractivity contribution in [1.82, 2.24) is 0 Å². The van der Waals surface area contributed by atoms with Gasteiger partial charge in [-0.15, -0.1) is 12.4 Å². The second-order valence-corrected chi connectivity index (χ2v) is 3.19. The van der Waals surface area contributed by atoms with Crippen LogP contribution in [0.4, 0.5) is 0 Å². The lowest BCUT2D eigenvalue weighted by Crippen LogP contribution is -2.15. The molecule has 0 bridgehead atoms. The summed E-state index contributed by atoms with van der Waals surface area (Å²) >= 11 is 0. The molecule has 0 amide bonds. The van der Waals surface area contributed by atoms with Gasteiger partial charge in [0.05, 0.1) is 6.61 Å². The summed E-state index contributed by atoms with van der Waals surface area (Å²) in [5, 5.41) is 0. The molecule has 0 saturated heterocycles. The van der Waals surface area contributed by atoms with Crippen molar-refractivity contribution >= 4 is 12.4 Å². The third-order valence-corrected chi connectivity index (χ3v) is 2.10. The maximum absolute atomic E-state index is 5.91. The Bertz CT molecular complexity index is 264. The molecule has 1 aromatic carbocycles. The average molecular weight is 231 g/mol. The normalized spacial score (nSPS) is 11.7. The van der Waals surface area contributed by atoms with E-state index in [9.17, 15) is 0 Å². The molecule has 0 saturated carbocycles. The second kappa shape index (κ2) is 7.51. The summed E-state index contributed by atoms with van der Waals surface area (Å²) in [4.78, 5) is 0. The Morgan fingerprint density at radius 1 is 1.27 bits per heavy atom. The highest BCUT2D eigenvalue weighted by molar-refractivity contribution is 5.85. The van der Waals surface area contributed by atoms with Crippen LogP contribution < -0.4 is 16.2 Å². The predicted molar refractivity (Wildman–Crippen MR) is 65.5 cm³/mol. The van der Waals surface area contributed by atoms with E-state index in [0.29, 0.717) is 13.2 Å². The number of nitrogens with two attached hydrogens (primary N) is 2. The van der Waals surface area contributed by atoms with Gasteiger partial charge in [0.1, 0.15) is 5.75 Å². The molecule has 1 rings (SSSR count). The lowest BCUT2D eigenvalue weighted by molar-refractivity contribution is 0.340. The van der Waals surface area contributed by atoms with E-state index in [1.54, 1.807) is 0 Å². The van der Waals surface area contributed by atoms with Gasteiger partial charge in [-0.25, -0.2) is 0 Å². The van der Waals surface area contributed by atoms with E-state index in [2.05, 4.69) is 0 Å². The molecule has 0 aliphatic carbocycles. The zero-order chi connectivity index (χ0) is 10.4. The Morgan fingerprint density at radius 3 is 2.33 bits per heavy atom. The Morgan fingerprint density at radius 2 is 1.87 bits per heavy atom. The van der Waals surface area contributed by atoms with Crippen LogP contribution in [0.3, 0.4) is 0 Å². The summed E-state index contributed by atoms with van der Waals surface area (Å²) in [6.07, 6.45) is 0.813. The number of benzene rings is 1. The van der Waals surface area contributed by atoms with Gasteiger partial charge in [0.2, 0.25) is 0 Å². The van der Waals surface area contributed by atoms with Gasteiger partial charge < -0.3 is 16.2 Å². The molecule has 15 heavy (non-hydrogen) atoms. The average Bonchev–Trinajstić information content (AvgIpc) is 2.20. The molecule has 4 heteroatoms. The van der Waals surface area contributed by atoms with Crippen molar-refractivity contribution in [3.63, 3.8) is 0 Å². The molecule has 0 aliphatic heterocycles. The van der Waals surface area contributed by atoms with Crippen molar-refractivity contribution < 1.29 is 4.74 Å². The van der Waals surface area contributed by atoms with Crippen LogP contribution in [0.25, 0.3) is 0 Å². The highest BCUT2D eigenvalue weighted by Gasteiger charge is 2.04. The van der Waals surface area contributed by atoms with E-state index < -0.39 is 0 Å². The molecule has 0 heterocycles. The maximum Gasteiger partial charge on any atom is 0.119 e. The van der Waals surface area contributed by atoms with Gasteiger partial charge in [0.25, 0.3) is 0 Å². The summed E-state index contributed by atoms with van der Waals surface area (Å²) in [6, 6.07) is 7.90. The highest BCUT2D eigenvalue weighted by Crippen LogP contribution is 2.17. The van der Waals surface area contributed by atoms with Crippen LogP contribution in [0.5, 0.6) is 5.75 Å². The van der Waals surface area contributed by atoms with E-state index in [1.807, 2.05) is 31.2 Å². The minimum Gasteiger partial charge on any atom is -0.494 e. The van der Waals surface area contributed by atoms with Crippen LogP contribution in [0.2, 0.25) is 0 Å². The van der Waals surface area contributed by atoms with Crippen LogP contribution in [0.15, 0.2) is 24.3 Å². The van der Waals surface area contributed by atoms with Gasteiger partial charge in [-0.1, -0.05) is 12.1 Å². The first-order valence-electron chi connectivity index (χ1n) is 4.96. The minimum atomic E-state index is 0. The standard InChI is InChI=1S/C11H18N2O.ClH/c1-2-14-10-5-3-9(4-6-10)11(13)7-8-12;/h3-6,11H,2,7-8,12-13H2,1H3;1H/t11-;/m1./s1. The largest absolute Gasteiger partial charge is 0.494 e. The third kappa shape index (κ3) is 4.51. The Hall–Kier alpha value is -0.770. The third-order valence-electron chi connectivity index (χ3n) is 2.10. The maximum atomic E-state index is 5.91. The zero-order valence-electron chi connectivity index (χ0n) is 8.98. The minimum absolute atomic E-state index is 0. The van der Waals surface area contributed by atoms with Gasteiger partial charge in [-0.05, 0) is 37.6 Å². The first kappa shape index (κ1) is 14.2. The molecule has 0 radical (unpaired) electrons. The summed E-state index contributed by atoms with van der Waals surface area (Å²) in [5.41, 5.74) is 12.5. The summed E-state index contributed by atoms with van der Waals surface area (Å²) < 4.78 is 5.34. The smallest absolute Gasteiger partial charge is 0.119 e. The van der Waals surface area contributed by atoms with Crippen molar-refractivity contribution in [2.75, 3.05) is 13.2 Å². The number of ether oxygens (including phenoxy) is 1. The van der Waals surface area contributed by atoms with E-state index in [0.717, 1.165) is 17.7 Å². The topological polar surface area (TPSA) is 61.3 Å². The summed E-state index contributed by atoms with van der Waals surface area (Å²) in [5.74, 6) is 0.885. The van der Waals surface area contributed by atoms with Crippen LogP contribution in [-0.2, 0) is 0 Å². The Kier molecular flexibility index (Phi) is 7.13. The molecule has 1 atom stereocenters. The fourth-order valence-electron chi connectivity index (χ4n) is 1.32. The van der Waals surface area contributed by atoms with E-state index in [1.165, 1.54) is 0 Å². The molecule has 0 aliphatic rings. The first-order chi connectivity index (χ1) is 6.77. The van der Waals surface area contributed by atoms with E-state index >= 15 is 0 Å². The van der Waals surface area contributed by atoms with Crippen LogP contribution in [-0.4, -0.2) is 13.2 Å². The molecular formula is C11H19ClN2O. The van der Waals surface area contributed by atoms with E-state index in [-0.39, 0.29) is 18.4 Å². The SMILES string of the molecule is CCOc1ccc([C@H](N)CCN)cc1.Cl. The van der Waals surface area contributed by atoms with E-state index in [4.69, 9.17) is 16.2 Å². The Balaban J connectivity index is 0.00000196. The molecule has 4 N–H and O–H groups in total. The zero-order valence-corrected chi connectivity index (χ0v) is 9.80. The van der Waals surface area contributed by atoms with Crippen molar-refractivity contribution in [2.24, 2.45) is 11.5 Å². The molecule has 0 spiro atoms. The lowest BCUT2D eigenvalue weighted by atomic mass is 10.1. The second-order valence-electron chi connectivity index (χ2n) is 3.19. The van der Waals surface area contributed by atoms with Gasteiger partial charge >= 0.3 is 0 Å². The fourth-order valence-corrected chi connectivity index (χ4v) is 1.32. The fraction of sp³-hybridized carbons (Fsp3) is 0.455. The van der Waals surface area contributed by atoms with Crippen LogP contribution >= 0.6 is 12.4 Å². The van der Waals surface area contributed by atoms with Gasteiger partial charge in [-0.3, -0.25) is 0 Å². The summed E-state index contributed by atoms with van der Waals surface area (Å²) in [6.45, 7) is 3.27. The van der Waals surface area contributed by atoms with Gasteiger partial charge in [-0.2, -0.15) is 0 Å². The van der Waals surface area contributed by atoms with Gasteiger partial charge in [0, 0.05) is 6.04 Å². The predicted octanol–water partition coefficient (Wildman–Crippen LogP) is 1.86. The monoisotopic (exact) mass is 230 g/mol. The quantitative estimate of drug-likeness (QED) is 0.812. The van der Waals surface area contributed by atoms with Crippen LogP contribution in [0.1, 0.15) is 24.9 Å². The molecular weight excluding hydrogens is 212 g/mol. The molecule has 0 fully saturated rings. The molecule has 86 valence electrons. The first-order valence-corrected chi connectivity index (χ1v) is 4.96. The Labute approximate surface area is 97.2 Å². The molecule has 1 aromatic rings. The number of halogens is 1. The number of hydrogen-bond acceptors (Lipinski definition) is 3. The van der Waals surface area contributed by atoms with Crippen molar-refractivity contribution in [3.8, 4) is 5.75 Å². The lowest BCUT2D eigenvalue weighted by Gasteiger charge is -2.11. The van der Waals surface area contributed by atoms with Crippen molar-refractivity contribution in [3.05, 3.63) is 29.8 Å². The summed E-state index contributed by atoms with van der Waals surface area (Å²) in [7, 11) is 0. The number of hydrogen-bond donors (Lipinski definition) is 2. The molecule has 0 unspecified atom stereocenters. The number of rotatable bonds is 5. The molecule has 3 nitrogen and oxygen atoms in total. The van der Waals surface area contributed by atoms with Gasteiger partial charge in [0.15, 0.2) is 0 Å². The van der Waals surface area contributed by atoms with Crippen molar-refractivity contribution in [2.45, 2.75) is 19.4 Å². The van der Waals surface area contributed by atoms with Crippen molar-refractivity contribution in [1.29, 1.82) is 0 Å².